The van der Waals surface area contributed by atoms with Crippen LogP contribution in [0.25, 0.3) is 0 Å². The lowest BCUT2D eigenvalue weighted by Gasteiger charge is -2.05. The Balaban J connectivity index is 1.86. The van der Waals surface area contributed by atoms with Gasteiger partial charge in [-0.1, -0.05) is 12.1 Å². The minimum Gasteiger partial charge on any atom is -0.312 e. The van der Waals surface area contributed by atoms with Gasteiger partial charge in [0.15, 0.2) is 0 Å². The molecule has 0 radical (unpaired) electrons. The fraction of sp³-hybridized carbons (Fsp3) is 0.231. The molecule has 19 heavy (non-hydrogen) atoms. The molecule has 0 bridgehead atoms. The Morgan fingerprint density at radius 3 is 2.89 bits per heavy atom. The van der Waals surface area contributed by atoms with Crippen LogP contribution in [0.15, 0.2) is 40.2 Å². The van der Waals surface area contributed by atoms with E-state index in [0.717, 1.165) is 18.5 Å². The van der Waals surface area contributed by atoms with Crippen molar-refractivity contribution in [3.8, 4) is 0 Å². The summed E-state index contributed by atoms with van der Waals surface area (Å²) in [6, 6.07) is 9.35. The molecular weight excluding hydrogens is 328 g/mol. The normalized spacial score (nSPS) is 10.6. The van der Waals surface area contributed by atoms with E-state index in [9.17, 15) is 10.1 Å². The van der Waals surface area contributed by atoms with Gasteiger partial charge in [-0.05, 0) is 45.4 Å². The van der Waals surface area contributed by atoms with Gasteiger partial charge in [0, 0.05) is 24.0 Å². The number of rotatable bonds is 6. The third-order valence-electron chi connectivity index (χ3n) is 2.66. The molecule has 2 aromatic rings. The molecular formula is C13H13BrN2O2S. The molecule has 1 N–H and O–H groups in total. The first kappa shape index (κ1) is 14.2. The monoisotopic (exact) mass is 340 g/mol. The zero-order chi connectivity index (χ0) is 13.7. The van der Waals surface area contributed by atoms with Gasteiger partial charge < -0.3 is 5.32 Å². The van der Waals surface area contributed by atoms with E-state index in [1.165, 1.54) is 4.88 Å². The van der Waals surface area contributed by atoms with Crippen molar-refractivity contribution in [2.45, 2.75) is 13.0 Å². The number of nitrogens with one attached hydrogen (secondary N) is 1. The van der Waals surface area contributed by atoms with E-state index >= 15 is 0 Å². The third kappa shape index (κ3) is 4.12. The Morgan fingerprint density at radius 1 is 1.37 bits per heavy atom. The van der Waals surface area contributed by atoms with Crippen molar-refractivity contribution >= 4 is 33.0 Å². The molecule has 1 aromatic carbocycles. The molecule has 4 nitrogen and oxygen atoms in total. The maximum absolute atomic E-state index is 10.8. The highest BCUT2D eigenvalue weighted by Crippen LogP contribution is 2.25. The minimum absolute atomic E-state index is 0.109. The summed E-state index contributed by atoms with van der Waals surface area (Å²) in [4.78, 5) is 11.8. The van der Waals surface area contributed by atoms with Gasteiger partial charge in [-0.3, -0.25) is 10.1 Å². The molecule has 0 unspecified atom stereocenters. The molecule has 6 heteroatoms. The molecule has 1 aromatic heterocycles. The van der Waals surface area contributed by atoms with Gasteiger partial charge in [-0.2, -0.15) is 0 Å². The molecule has 0 saturated carbocycles. The molecule has 0 fully saturated rings. The fourth-order valence-corrected chi connectivity index (χ4v) is 2.81. The lowest BCUT2D eigenvalue weighted by molar-refractivity contribution is -0.385. The molecule has 0 saturated heterocycles. The Labute approximate surface area is 123 Å². The van der Waals surface area contributed by atoms with E-state index in [-0.39, 0.29) is 10.6 Å². The smallest absolute Gasteiger partial charge is 0.283 e. The lowest BCUT2D eigenvalue weighted by Crippen LogP contribution is -2.16. The van der Waals surface area contributed by atoms with Crippen LogP contribution in [0.1, 0.15) is 10.4 Å². The van der Waals surface area contributed by atoms with Crippen LogP contribution >= 0.6 is 27.3 Å². The zero-order valence-electron chi connectivity index (χ0n) is 10.1. The summed E-state index contributed by atoms with van der Waals surface area (Å²) in [5.41, 5.74) is 1.03. The second kappa shape index (κ2) is 6.79. The van der Waals surface area contributed by atoms with E-state index in [1.54, 1.807) is 23.5 Å². The predicted molar refractivity (Wildman–Crippen MR) is 80.5 cm³/mol. The summed E-state index contributed by atoms with van der Waals surface area (Å²) in [7, 11) is 0. The van der Waals surface area contributed by atoms with Crippen molar-refractivity contribution < 1.29 is 4.92 Å². The number of halogens is 1. The SMILES string of the molecule is O=[N+]([O-])c1cc(CNCCc2cccs2)ccc1Br. The number of nitro benzene ring substituents is 1. The Kier molecular flexibility index (Phi) is 5.07. The third-order valence-corrected chi connectivity index (χ3v) is 4.27. The first-order valence-electron chi connectivity index (χ1n) is 5.83. The van der Waals surface area contributed by atoms with Gasteiger partial charge in [0.25, 0.3) is 5.69 Å². The Morgan fingerprint density at radius 2 is 2.21 bits per heavy atom. The summed E-state index contributed by atoms with van der Waals surface area (Å²) in [5, 5.41) is 16.2. The Bertz CT molecular complexity index is 558. The number of thiophene rings is 1. The first-order valence-corrected chi connectivity index (χ1v) is 7.50. The van der Waals surface area contributed by atoms with Crippen molar-refractivity contribution in [2.75, 3.05) is 6.54 Å². The second-order valence-electron chi connectivity index (χ2n) is 4.05. The van der Waals surface area contributed by atoms with Crippen LogP contribution < -0.4 is 5.32 Å². The summed E-state index contributed by atoms with van der Waals surface area (Å²) in [6.07, 6.45) is 0.982. The highest BCUT2D eigenvalue weighted by molar-refractivity contribution is 9.10. The zero-order valence-corrected chi connectivity index (χ0v) is 12.5. The van der Waals surface area contributed by atoms with Gasteiger partial charge in [0.05, 0.1) is 9.40 Å². The number of hydrogen-bond acceptors (Lipinski definition) is 4. The topological polar surface area (TPSA) is 55.2 Å². The molecule has 2 rings (SSSR count). The van der Waals surface area contributed by atoms with Crippen LogP contribution in [-0.4, -0.2) is 11.5 Å². The average molecular weight is 341 g/mol. The standard InChI is InChI=1S/C13H13BrN2O2S/c14-12-4-3-10(8-13(12)16(17)18)9-15-6-5-11-2-1-7-19-11/h1-4,7-8,15H,5-6,9H2. The van der Waals surface area contributed by atoms with Crippen molar-refractivity contribution in [2.24, 2.45) is 0 Å². The van der Waals surface area contributed by atoms with Crippen LogP contribution in [0.5, 0.6) is 0 Å². The quantitative estimate of drug-likeness (QED) is 0.495. The van der Waals surface area contributed by atoms with Crippen LogP contribution in [0.2, 0.25) is 0 Å². The van der Waals surface area contributed by atoms with Crippen LogP contribution in [0.4, 0.5) is 5.69 Å². The Hall–Kier alpha value is -1.24. The van der Waals surface area contributed by atoms with E-state index in [1.807, 2.05) is 12.1 Å². The maximum Gasteiger partial charge on any atom is 0.283 e. The molecule has 100 valence electrons. The summed E-state index contributed by atoms with van der Waals surface area (Å²) in [6.45, 7) is 1.50. The van der Waals surface area contributed by atoms with Crippen molar-refractivity contribution in [3.05, 3.63) is 60.7 Å². The highest BCUT2D eigenvalue weighted by atomic mass is 79.9. The largest absolute Gasteiger partial charge is 0.312 e. The maximum atomic E-state index is 10.8. The molecule has 0 amide bonds. The molecule has 0 atom stereocenters. The van der Waals surface area contributed by atoms with Crippen LogP contribution in [0, 0.1) is 10.1 Å². The van der Waals surface area contributed by atoms with Crippen molar-refractivity contribution in [1.29, 1.82) is 0 Å². The van der Waals surface area contributed by atoms with Gasteiger partial charge in [0.1, 0.15) is 0 Å². The van der Waals surface area contributed by atoms with Crippen molar-refractivity contribution in [3.63, 3.8) is 0 Å². The number of hydrogen-bond donors (Lipinski definition) is 1. The molecule has 1 heterocycles. The van der Waals surface area contributed by atoms with E-state index in [4.69, 9.17) is 0 Å². The highest BCUT2D eigenvalue weighted by Gasteiger charge is 2.11. The summed E-state index contributed by atoms with van der Waals surface area (Å²) in [5.74, 6) is 0. The van der Waals surface area contributed by atoms with Gasteiger partial charge in [-0.25, -0.2) is 0 Å². The minimum atomic E-state index is -0.376. The first-order chi connectivity index (χ1) is 9.16. The van der Waals surface area contributed by atoms with Gasteiger partial charge in [-0.15, -0.1) is 11.3 Å². The van der Waals surface area contributed by atoms with E-state index in [2.05, 4.69) is 32.7 Å². The number of nitro groups is 1. The van der Waals surface area contributed by atoms with Gasteiger partial charge >= 0.3 is 0 Å². The molecule has 0 aliphatic rings. The fourth-order valence-electron chi connectivity index (χ4n) is 1.71. The van der Waals surface area contributed by atoms with E-state index < -0.39 is 0 Å². The van der Waals surface area contributed by atoms with Crippen LogP contribution in [0.3, 0.4) is 0 Å². The summed E-state index contributed by atoms with van der Waals surface area (Å²) < 4.78 is 0.514. The second-order valence-corrected chi connectivity index (χ2v) is 5.94. The molecule has 0 aliphatic heterocycles. The van der Waals surface area contributed by atoms with Crippen molar-refractivity contribution in [1.82, 2.24) is 5.32 Å². The average Bonchev–Trinajstić information content (AvgIpc) is 2.89. The predicted octanol–water partition coefficient (Wildman–Crippen LogP) is 3.75. The number of nitrogens with zero attached hydrogens (tertiary/aromatic N) is 1. The number of benzene rings is 1. The van der Waals surface area contributed by atoms with Gasteiger partial charge in [0.2, 0.25) is 0 Å². The summed E-state index contributed by atoms with van der Waals surface area (Å²) >= 11 is 4.92. The van der Waals surface area contributed by atoms with Crippen LogP contribution in [-0.2, 0) is 13.0 Å². The molecule has 0 spiro atoms. The molecule has 0 aliphatic carbocycles. The lowest BCUT2D eigenvalue weighted by atomic mass is 10.2. The van der Waals surface area contributed by atoms with E-state index in [0.29, 0.717) is 11.0 Å².